The van der Waals surface area contributed by atoms with Gasteiger partial charge in [0.25, 0.3) is 5.56 Å². The number of hydrogen-bond acceptors (Lipinski definition) is 10. The molecule has 5 aromatic rings. The van der Waals surface area contributed by atoms with E-state index in [2.05, 4.69) is 25.3 Å². The Hall–Kier alpha value is -5.37. The van der Waals surface area contributed by atoms with Crippen molar-refractivity contribution in [3.05, 3.63) is 88.9 Å². The van der Waals surface area contributed by atoms with Crippen molar-refractivity contribution >= 4 is 22.7 Å². The number of aromatic nitrogens is 6. The fourth-order valence-electron chi connectivity index (χ4n) is 4.01. The lowest BCUT2D eigenvalue weighted by Gasteiger charge is -2.21. The van der Waals surface area contributed by atoms with Gasteiger partial charge in [-0.15, -0.1) is 0 Å². The number of rotatable bonds is 6. The molecular formula is C26H21N9O2. The highest BCUT2D eigenvalue weighted by atomic mass is 16.5. The second kappa shape index (κ2) is 9.71. The van der Waals surface area contributed by atoms with Crippen LogP contribution in [0, 0.1) is 11.3 Å². The second-order valence-corrected chi connectivity index (χ2v) is 8.06. The number of para-hydroxylation sites is 1. The standard InChI is InChI=1S/C26H21N9O2/c1-15(31-23-16(11-27)12-30-26(28)34-23)24-33-19-10-6-9-18(20-13-29-14-21(32-20)37-2)22(19)25(36)35(24)17-7-4-3-5-8-17/h3-10,12-15H,1-2H3,(H3,28,30,31,34)/t15-/m1/s1. The van der Waals surface area contributed by atoms with Crippen molar-refractivity contribution in [1.29, 1.82) is 5.26 Å². The van der Waals surface area contributed by atoms with Crippen LogP contribution in [0.3, 0.4) is 0 Å². The number of benzene rings is 2. The number of fused-ring (bicyclic) bond motifs is 1. The fourth-order valence-corrected chi connectivity index (χ4v) is 4.01. The second-order valence-electron chi connectivity index (χ2n) is 8.06. The maximum atomic E-state index is 14.2. The van der Waals surface area contributed by atoms with Gasteiger partial charge < -0.3 is 15.8 Å². The zero-order valence-electron chi connectivity index (χ0n) is 20.0. The summed E-state index contributed by atoms with van der Waals surface area (Å²) in [6, 6.07) is 16.1. The Morgan fingerprint density at radius 2 is 1.86 bits per heavy atom. The van der Waals surface area contributed by atoms with Crippen molar-refractivity contribution < 1.29 is 4.74 Å². The van der Waals surface area contributed by atoms with Crippen LogP contribution in [0.1, 0.15) is 24.4 Å². The average Bonchev–Trinajstić information content (AvgIpc) is 2.93. The highest BCUT2D eigenvalue weighted by molar-refractivity contribution is 5.93. The lowest BCUT2D eigenvalue weighted by atomic mass is 10.1. The summed E-state index contributed by atoms with van der Waals surface area (Å²) in [4.78, 5) is 35.7. The maximum Gasteiger partial charge on any atom is 0.266 e. The van der Waals surface area contributed by atoms with Gasteiger partial charge in [-0.25, -0.2) is 15.0 Å². The van der Waals surface area contributed by atoms with Crippen molar-refractivity contribution in [3.8, 4) is 28.9 Å². The number of anilines is 2. The third-order valence-electron chi connectivity index (χ3n) is 5.70. The molecule has 5 rings (SSSR count). The van der Waals surface area contributed by atoms with Crippen LogP contribution in [0.5, 0.6) is 5.88 Å². The van der Waals surface area contributed by atoms with E-state index >= 15 is 0 Å². The Balaban J connectivity index is 1.74. The first-order valence-electron chi connectivity index (χ1n) is 11.3. The number of hydrogen-bond donors (Lipinski definition) is 2. The highest BCUT2D eigenvalue weighted by Crippen LogP contribution is 2.28. The van der Waals surface area contributed by atoms with Crippen molar-refractivity contribution in [2.45, 2.75) is 13.0 Å². The van der Waals surface area contributed by atoms with Gasteiger partial charge in [0.2, 0.25) is 11.8 Å². The van der Waals surface area contributed by atoms with Crippen molar-refractivity contribution in [2.75, 3.05) is 18.2 Å². The Morgan fingerprint density at radius 1 is 1.05 bits per heavy atom. The molecule has 0 aliphatic rings. The van der Waals surface area contributed by atoms with Gasteiger partial charge in [0.15, 0.2) is 0 Å². The Morgan fingerprint density at radius 3 is 2.62 bits per heavy atom. The van der Waals surface area contributed by atoms with Gasteiger partial charge in [-0.1, -0.05) is 30.3 Å². The molecule has 0 saturated heterocycles. The predicted octanol–water partition coefficient (Wildman–Crippen LogP) is 3.27. The summed E-state index contributed by atoms with van der Waals surface area (Å²) in [5.41, 5.74) is 7.84. The summed E-state index contributed by atoms with van der Waals surface area (Å²) >= 11 is 0. The SMILES string of the molecule is COc1cncc(-c2cccc3nc([C@@H](C)Nc4nc(N)ncc4C#N)n(-c4ccccc4)c(=O)c23)n1. The summed E-state index contributed by atoms with van der Waals surface area (Å²) in [6.45, 7) is 1.82. The van der Waals surface area contributed by atoms with Crippen LogP contribution in [0.4, 0.5) is 11.8 Å². The van der Waals surface area contributed by atoms with Crippen LogP contribution in [-0.2, 0) is 0 Å². The summed E-state index contributed by atoms with van der Waals surface area (Å²) in [5.74, 6) is 1.01. The summed E-state index contributed by atoms with van der Waals surface area (Å²) < 4.78 is 6.76. The zero-order valence-corrected chi connectivity index (χ0v) is 20.0. The molecule has 0 spiro atoms. The fraction of sp³-hybridized carbons (Fsp3) is 0.115. The maximum absolute atomic E-state index is 14.2. The molecule has 11 nitrogen and oxygen atoms in total. The average molecular weight is 492 g/mol. The Labute approximate surface area is 211 Å². The summed E-state index contributed by atoms with van der Waals surface area (Å²) in [6.07, 6.45) is 4.41. The number of nitriles is 1. The lowest BCUT2D eigenvalue weighted by Crippen LogP contribution is -2.28. The molecule has 3 aromatic heterocycles. The van der Waals surface area contributed by atoms with Crippen LogP contribution in [0.2, 0.25) is 0 Å². The van der Waals surface area contributed by atoms with Gasteiger partial charge >= 0.3 is 0 Å². The molecule has 182 valence electrons. The van der Waals surface area contributed by atoms with Crippen LogP contribution >= 0.6 is 0 Å². The van der Waals surface area contributed by atoms with E-state index in [9.17, 15) is 10.1 Å². The van der Waals surface area contributed by atoms with Gasteiger partial charge in [0.1, 0.15) is 23.3 Å². The molecule has 0 radical (unpaired) electrons. The van der Waals surface area contributed by atoms with Crippen LogP contribution in [-0.4, -0.2) is 36.6 Å². The quantitative estimate of drug-likeness (QED) is 0.361. The van der Waals surface area contributed by atoms with E-state index in [1.165, 1.54) is 24.1 Å². The zero-order chi connectivity index (χ0) is 25.9. The van der Waals surface area contributed by atoms with Crippen molar-refractivity contribution in [1.82, 2.24) is 29.5 Å². The molecule has 0 bridgehead atoms. The smallest absolute Gasteiger partial charge is 0.266 e. The van der Waals surface area contributed by atoms with Crippen LogP contribution < -0.4 is 21.3 Å². The molecule has 0 fully saturated rings. The Kier molecular flexibility index (Phi) is 6.13. The number of nitrogen functional groups attached to an aromatic ring is 1. The predicted molar refractivity (Wildman–Crippen MR) is 138 cm³/mol. The van der Waals surface area contributed by atoms with Crippen molar-refractivity contribution in [3.63, 3.8) is 0 Å². The molecule has 0 aliphatic carbocycles. The molecule has 37 heavy (non-hydrogen) atoms. The van der Waals surface area contributed by atoms with Gasteiger partial charge in [-0.3, -0.25) is 14.3 Å². The molecule has 0 unspecified atom stereocenters. The molecule has 2 aromatic carbocycles. The van der Waals surface area contributed by atoms with E-state index in [1.54, 1.807) is 24.4 Å². The topological polar surface area (TPSA) is 158 Å². The number of nitrogens with zero attached hydrogens (tertiary/aromatic N) is 7. The van der Waals surface area contributed by atoms with E-state index < -0.39 is 6.04 Å². The molecular weight excluding hydrogens is 470 g/mol. The number of methoxy groups -OCH3 is 1. The third kappa shape index (κ3) is 4.39. The minimum absolute atomic E-state index is 0.0182. The van der Waals surface area contributed by atoms with Gasteiger partial charge in [-0.05, 0) is 25.1 Å². The largest absolute Gasteiger partial charge is 0.480 e. The first-order chi connectivity index (χ1) is 18.0. The number of nitrogens with two attached hydrogens (primary N) is 1. The molecule has 3 heterocycles. The van der Waals surface area contributed by atoms with E-state index in [0.29, 0.717) is 39.6 Å². The summed E-state index contributed by atoms with van der Waals surface area (Å²) in [7, 11) is 1.50. The Bertz CT molecular complexity index is 1710. The monoisotopic (exact) mass is 491 g/mol. The van der Waals surface area contributed by atoms with Crippen molar-refractivity contribution in [2.24, 2.45) is 0 Å². The molecule has 11 heteroatoms. The number of ether oxygens (including phenoxy) is 1. The molecule has 0 saturated carbocycles. The molecule has 0 amide bonds. The van der Waals surface area contributed by atoms with E-state index in [4.69, 9.17) is 15.5 Å². The number of nitrogens with one attached hydrogen (secondary N) is 1. The van der Waals surface area contributed by atoms with Gasteiger partial charge in [0, 0.05) is 5.56 Å². The van der Waals surface area contributed by atoms with E-state index in [-0.39, 0.29) is 22.9 Å². The highest BCUT2D eigenvalue weighted by Gasteiger charge is 2.22. The lowest BCUT2D eigenvalue weighted by molar-refractivity contribution is 0.396. The molecule has 1 atom stereocenters. The minimum Gasteiger partial charge on any atom is -0.480 e. The molecule has 0 aliphatic heterocycles. The van der Waals surface area contributed by atoms with Crippen LogP contribution in [0.25, 0.3) is 27.8 Å². The normalized spacial score (nSPS) is 11.6. The van der Waals surface area contributed by atoms with Gasteiger partial charge in [-0.2, -0.15) is 10.2 Å². The molecule has 3 N–H and O–H groups in total. The minimum atomic E-state index is -0.543. The first-order valence-corrected chi connectivity index (χ1v) is 11.3. The van der Waals surface area contributed by atoms with Gasteiger partial charge in [0.05, 0.1) is 54.0 Å². The van der Waals surface area contributed by atoms with E-state index in [1.807, 2.05) is 43.3 Å². The van der Waals surface area contributed by atoms with E-state index in [0.717, 1.165) is 0 Å². The first kappa shape index (κ1) is 23.4. The van der Waals surface area contributed by atoms with Crippen LogP contribution in [0.15, 0.2) is 71.9 Å². The third-order valence-corrected chi connectivity index (χ3v) is 5.70. The summed E-state index contributed by atoms with van der Waals surface area (Å²) in [5, 5.41) is 13.0.